The molecule has 19 heavy (non-hydrogen) atoms. The molecule has 1 aromatic rings. The maximum Gasteiger partial charge on any atom is 0.341 e. The van der Waals surface area contributed by atoms with E-state index in [0.29, 0.717) is 0 Å². The summed E-state index contributed by atoms with van der Waals surface area (Å²) >= 11 is 0. The van der Waals surface area contributed by atoms with Crippen molar-refractivity contribution in [2.45, 2.75) is 44.6 Å². The molecule has 0 aliphatic heterocycles. The zero-order valence-electron chi connectivity index (χ0n) is 10.7. The Morgan fingerprint density at radius 3 is 2.47 bits per heavy atom. The van der Waals surface area contributed by atoms with Crippen molar-refractivity contribution >= 4 is 11.7 Å². The maximum absolute atomic E-state index is 13.3. The van der Waals surface area contributed by atoms with Crippen LogP contribution in [0.3, 0.4) is 0 Å². The van der Waals surface area contributed by atoms with Gasteiger partial charge in [0, 0.05) is 0 Å². The number of rotatable bonds is 3. The third-order valence-corrected chi connectivity index (χ3v) is 3.46. The zero-order chi connectivity index (χ0) is 13.8. The second-order valence-electron chi connectivity index (χ2n) is 4.87. The Balaban J connectivity index is 2.24. The molecule has 0 saturated heterocycles. The molecule has 0 unspecified atom stereocenters. The number of aromatic carboxylic acids is 1. The fraction of sp³-hybridized carbons (Fsp3) is 0.500. The van der Waals surface area contributed by atoms with Gasteiger partial charge in [0.1, 0.15) is 17.1 Å². The molecule has 1 aromatic carbocycles. The minimum atomic E-state index is -1.26. The summed E-state index contributed by atoms with van der Waals surface area (Å²) in [4.78, 5) is 11.2. The predicted molar refractivity (Wildman–Crippen MR) is 69.9 cm³/mol. The summed E-state index contributed by atoms with van der Waals surface area (Å²) in [6.07, 6.45) is 6.29. The van der Waals surface area contributed by atoms with Gasteiger partial charge in [0.05, 0.1) is 11.8 Å². The Labute approximate surface area is 111 Å². The molecule has 1 aliphatic rings. The summed E-state index contributed by atoms with van der Waals surface area (Å²) in [5, 5.41) is 9.13. The number of benzene rings is 1. The van der Waals surface area contributed by atoms with Crippen LogP contribution in [-0.4, -0.2) is 17.2 Å². The predicted octanol–water partition coefficient (Wildman–Crippen LogP) is 3.21. The van der Waals surface area contributed by atoms with Gasteiger partial charge in [0.25, 0.3) is 0 Å². The van der Waals surface area contributed by atoms with Gasteiger partial charge in [-0.3, -0.25) is 0 Å². The largest absolute Gasteiger partial charge is 0.489 e. The molecule has 1 saturated carbocycles. The Bertz CT molecular complexity index is 468. The standard InChI is InChI=1S/C14H18FNO3/c15-10-7-8-11(12(13(10)16)14(17)18)19-9-5-3-1-2-4-6-9/h7-9H,1-6,16H2,(H,17,18). The van der Waals surface area contributed by atoms with Crippen LogP contribution >= 0.6 is 0 Å². The van der Waals surface area contributed by atoms with Gasteiger partial charge in [0.15, 0.2) is 0 Å². The molecule has 0 bridgehead atoms. The van der Waals surface area contributed by atoms with Crippen molar-refractivity contribution in [1.82, 2.24) is 0 Å². The zero-order valence-corrected chi connectivity index (χ0v) is 10.7. The molecule has 2 rings (SSSR count). The fourth-order valence-corrected chi connectivity index (χ4v) is 2.43. The molecule has 5 heteroatoms. The van der Waals surface area contributed by atoms with Crippen molar-refractivity contribution in [1.29, 1.82) is 0 Å². The molecule has 0 spiro atoms. The monoisotopic (exact) mass is 267 g/mol. The highest BCUT2D eigenvalue weighted by Crippen LogP contribution is 2.30. The van der Waals surface area contributed by atoms with E-state index in [2.05, 4.69) is 0 Å². The van der Waals surface area contributed by atoms with Gasteiger partial charge in [-0.2, -0.15) is 0 Å². The molecule has 0 amide bonds. The molecule has 0 aromatic heterocycles. The van der Waals surface area contributed by atoms with Crippen molar-refractivity contribution in [3.63, 3.8) is 0 Å². The summed E-state index contributed by atoms with van der Waals surface area (Å²) in [7, 11) is 0. The van der Waals surface area contributed by atoms with E-state index in [4.69, 9.17) is 15.6 Å². The average molecular weight is 267 g/mol. The fourth-order valence-electron chi connectivity index (χ4n) is 2.43. The smallest absolute Gasteiger partial charge is 0.341 e. The number of ether oxygens (including phenoxy) is 1. The molecule has 3 N–H and O–H groups in total. The number of carbonyl (C=O) groups is 1. The van der Waals surface area contributed by atoms with Crippen molar-refractivity contribution in [3.05, 3.63) is 23.5 Å². The second-order valence-corrected chi connectivity index (χ2v) is 4.87. The average Bonchev–Trinajstić information content (AvgIpc) is 2.62. The van der Waals surface area contributed by atoms with Gasteiger partial charge < -0.3 is 15.6 Å². The molecular weight excluding hydrogens is 249 g/mol. The van der Waals surface area contributed by atoms with Crippen LogP contribution in [0.1, 0.15) is 48.9 Å². The third kappa shape index (κ3) is 3.16. The number of nitrogens with two attached hydrogens (primary N) is 1. The molecule has 1 aliphatic carbocycles. The molecule has 0 heterocycles. The van der Waals surface area contributed by atoms with Crippen LogP contribution in [0.2, 0.25) is 0 Å². The molecule has 1 fully saturated rings. The normalized spacial score (nSPS) is 16.9. The quantitative estimate of drug-likeness (QED) is 0.651. The van der Waals surface area contributed by atoms with Crippen LogP contribution < -0.4 is 10.5 Å². The minimum Gasteiger partial charge on any atom is -0.489 e. The number of halogens is 1. The van der Waals surface area contributed by atoms with E-state index in [9.17, 15) is 9.18 Å². The Morgan fingerprint density at radius 1 is 1.26 bits per heavy atom. The van der Waals surface area contributed by atoms with Gasteiger partial charge in [-0.1, -0.05) is 12.8 Å². The number of anilines is 1. The topological polar surface area (TPSA) is 72.5 Å². The first-order valence-electron chi connectivity index (χ1n) is 6.57. The van der Waals surface area contributed by atoms with E-state index in [0.717, 1.165) is 31.7 Å². The molecule has 0 atom stereocenters. The highest BCUT2D eigenvalue weighted by molar-refractivity contribution is 5.96. The van der Waals surface area contributed by atoms with Crippen LogP contribution in [0.25, 0.3) is 0 Å². The van der Waals surface area contributed by atoms with Gasteiger partial charge in [0.2, 0.25) is 0 Å². The maximum atomic E-state index is 13.3. The van der Waals surface area contributed by atoms with E-state index in [1.165, 1.54) is 18.9 Å². The number of carboxylic acids is 1. The Morgan fingerprint density at radius 2 is 1.89 bits per heavy atom. The molecule has 104 valence electrons. The lowest BCUT2D eigenvalue weighted by molar-refractivity contribution is 0.0689. The van der Waals surface area contributed by atoms with E-state index >= 15 is 0 Å². The van der Waals surface area contributed by atoms with E-state index < -0.39 is 11.8 Å². The molecule has 4 nitrogen and oxygen atoms in total. The summed E-state index contributed by atoms with van der Waals surface area (Å²) in [6.45, 7) is 0. The number of carboxylic acid groups (broad SMARTS) is 1. The first-order valence-corrected chi connectivity index (χ1v) is 6.57. The van der Waals surface area contributed by atoms with E-state index in [1.54, 1.807) is 0 Å². The SMILES string of the molecule is Nc1c(F)ccc(OC2CCCCCC2)c1C(=O)O. The van der Waals surface area contributed by atoms with Crippen LogP contribution in [0.5, 0.6) is 5.75 Å². The van der Waals surface area contributed by atoms with E-state index in [1.807, 2.05) is 0 Å². The van der Waals surface area contributed by atoms with Gasteiger partial charge in [-0.05, 0) is 37.8 Å². The first-order chi connectivity index (χ1) is 9.09. The Hall–Kier alpha value is -1.78. The molecular formula is C14H18FNO3. The summed E-state index contributed by atoms with van der Waals surface area (Å²) in [5.41, 5.74) is 4.85. The highest BCUT2D eigenvalue weighted by atomic mass is 19.1. The summed E-state index contributed by atoms with van der Waals surface area (Å²) in [5.74, 6) is -1.83. The van der Waals surface area contributed by atoms with Gasteiger partial charge in [-0.25, -0.2) is 9.18 Å². The Kier molecular flexibility index (Phi) is 4.24. The van der Waals surface area contributed by atoms with Gasteiger partial charge in [-0.15, -0.1) is 0 Å². The van der Waals surface area contributed by atoms with Crippen LogP contribution in [0.4, 0.5) is 10.1 Å². The highest BCUT2D eigenvalue weighted by Gasteiger charge is 2.22. The second kappa shape index (κ2) is 5.91. The molecule has 0 radical (unpaired) electrons. The number of hydrogen-bond acceptors (Lipinski definition) is 3. The van der Waals surface area contributed by atoms with Crippen molar-refractivity contribution in [2.24, 2.45) is 0 Å². The lowest BCUT2D eigenvalue weighted by Crippen LogP contribution is -2.18. The lowest BCUT2D eigenvalue weighted by atomic mass is 10.1. The van der Waals surface area contributed by atoms with Crippen molar-refractivity contribution in [2.75, 3.05) is 5.73 Å². The van der Waals surface area contributed by atoms with Crippen molar-refractivity contribution < 1.29 is 19.0 Å². The van der Waals surface area contributed by atoms with Crippen LogP contribution in [0.15, 0.2) is 12.1 Å². The third-order valence-electron chi connectivity index (χ3n) is 3.46. The lowest BCUT2D eigenvalue weighted by Gasteiger charge is -2.19. The number of hydrogen-bond donors (Lipinski definition) is 2. The van der Waals surface area contributed by atoms with Gasteiger partial charge >= 0.3 is 5.97 Å². The van der Waals surface area contributed by atoms with Crippen molar-refractivity contribution in [3.8, 4) is 5.75 Å². The summed E-state index contributed by atoms with van der Waals surface area (Å²) in [6, 6.07) is 2.49. The van der Waals surface area contributed by atoms with Crippen LogP contribution in [0, 0.1) is 5.82 Å². The van der Waals surface area contributed by atoms with Crippen LogP contribution in [-0.2, 0) is 0 Å². The first kappa shape index (κ1) is 13.6. The summed E-state index contributed by atoms with van der Waals surface area (Å²) < 4.78 is 19.1. The minimum absolute atomic E-state index is 0.00883. The number of nitrogen functional groups attached to an aromatic ring is 1. The van der Waals surface area contributed by atoms with E-state index in [-0.39, 0.29) is 23.1 Å².